The third-order valence-electron chi connectivity index (χ3n) is 4.73. The van der Waals surface area contributed by atoms with Gasteiger partial charge in [-0.15, -0.1) is 0 Å². The van der Waals surface area contributed by atoms with Crippen molar-refractivity contribution in [1.82, 2.24) is 14.5 Å². The first-order valence-electron chi connectivity index (χ1n) is 8.21. The lowest BCUT2D eigenvalue weighted by atomic mass is 10.1. The van der Waals surface area contributed by atoms with Crippen LogP contribution < -0.4 is 10.6 Å². The van der Waals surface area contributed by atoms with Crippen molar-refractivity contribution in [1.29, 1.82) is 0 Å². The van der Waals surface area contributed by atoms with Gasteiger partial charge in [0.15, 0.2) is 0 Å². The molecule has 0 saturated carbocycles. The standard InChI is InChI=1S/C18H20ClN5/c1-23-16-5-3-2-4-15(16)22-18(23)13-10-17(21-11-14(13)19)24-8-6-12(20)7-9-24/h2-5,10-12H,6-9,20H2,1H3. The van der Waals surface area contributed by atoms with Crippen LogP contribution in [0.4, 0.5) is 5.82 Å². The Morgan fingerprint density at radius 1 is 1.21 bits per heavy atom. The predicted molar refractivity (Wildman–Crippen MR) is 98.4 cm³/mol. The summed E-state index contributed by atoms with van der Waals surface area (Å²) in [5.41, 5.74) is 8.97. The summed E-state index contributed by atoms with van der Waals surface area (Å²) in [6, 6.07) is 10.4. The molecule has 0 radical (unpaired) electrons. The predicted octanol–water partition coefficient (Wildman–Crippen LogP) is 3.22. The van der Waals surface area contributed by atoms with Gasteiger partial charge in [0, 0.05) is 37.9 Å². The zero-order chi connectivity index (χ0) is 16.7. The number of hydrogen-bond acceptors (Lipinski definition) is 4. The Labute approximate surface area is 146 Å². The Morgan fingerprint density at radius 3 is 2.71 bits per heavy atom. The van der Waals surface area contributed by atoms with Gasteiger partial charge in [-0.1, -0.05) is 23.7 Å². The topological polar surface area (TPSA) is 60.0 Å². The minimum atomic E-state index is 0.299. The van der Waals surface area contributed by atoms with E-state index in [9.17, 15) is 0 Å². The molecule has 3 heterocycles. The molecule has 0 aliphatic carbocycles. The largest absolute Gasteiger partial charge is 0.356 e. The minimum Gasteiger partial charge on any atom is -0.356 e. The third-order valence-corrected chi connectivity index (χ3v) is 5.03. The summed E-state index contributed by atoms with van der Waals surface area (Å²) in [7, 11) is 2.01. The van der Waals surface area contributed by atoms with E-state index in [0.29, 0.717) is 11.1 Å². The highest BCUT2D eigenvalue weighted by Crippen LogP contribution is 2.32. The number of piperidine rings is 1. The SMILES string of the molecule is Cn1c(-c2cc(N3CCC(N)CC3)ncc2Cl)nc2ccccc21. The number of pyridine rings is 1. The molecule has 3 aromatic rings. The average molecular weight is 342 g/mol. The maximum atomic E-state index is 6.44. The van der Waals surface area contributed by atoms with E-state index in [-0.39, 0.29) is 0 Å². The number of anilines is 1. The fourth-order valence-corrected chi connectivity index (χ4v) is 3.47. The van der Waals surface area contributed by atoms with Gasteiger partial charge in [0.25, 0.3) is 0 Å². The average Bonchev–Trinajstić information content (AvgIpc) is 2.93. The molecule has 1 saturated heterocycles. The van der Waals surface area contributed by atoms with Gasteiger partial charge in [0.1, 0.15) is 11.6 Å². The first-order valence-corrected chi connectivity index (χ1v) is 8.59. The van der Waals surface area contributed by atoms with E-state index in [0.717, 1.165) is 54.2 Å². The maximum Gasteiger partial charge on any atom is 0.142 e. The van der Waals surface area contributed by atoms with Gasteiger partial charge in [0.2, 0.25) is 0 Å². The molecule has 124 valence electrons. The number of nitrogens with zero attached hydrogens (tertiary/aromatic N) is 4. The van der Waals surface area contributed by atoms with Crippen molar-refractivity contribution in [3.05, 3.63) is 41.6 Å². The molecule has 24 heavy (non-hydrogen) atoms. The monoisotopic (exact) mass is 341 g/mol. The van der Waals surface area contributed by atoms with Crippen LogP contribution in [0.15, 0.2) is 36.5 Å². The molecule has 0 bridgehead atoms. The molecule has 1 aromatic carbocycles. The second-order valence-corrected chi connectivity index (χ2v) is 6.74. The summed E-state index contributed by atoms with van der Waals surface area (Å²) in [4.78, 5) is 11.5. The third kappa shape index (κ3) is 2.64. The van der Waals surface area contributed by atoms with E-state index in [1.165, 1.54) is 0 Å². The second kappa shape index (κ2) is 6.07. The lowest BCUT2D eigenvalue weighted by Crippen LogP contribution is -2.40. The van der Waals surface area contributed by atoms with E-state index >= 15 is 0 Å². The molecule has 6 heteroatoms. The molecule has 0 amide bonds. The molecular weight excluding hydrogens is 322 g/mol. The van der Waals surface area contributed by atoms with E-state index in [4.69, 9.17) is 22.3 Å². The van der Waals surface area contributed by atoms with Gasteiger partial charge in [-0.3, -0.25) is 0 Å². The Morgan fingerprint density at radius 2 is 1.96 bits per heavy atom. The lowest BCUT2D eigenvalue weighted by molar-refractivity contribution is 0.498. The van der Waals surface area contributed by atoms with Gasteiger partial charge in [-0.25, -0.2) is 9.97 Å². The summed E-state index contributed by atoms with van der Waals surface area (Å²) < 4.78 is 2.08. The first kappa shape index (κ1) is 15.4. The molecule has 5 nitrogen and oxygen atoms in total. The fraction of sp³-hybridized carbons (Fsp3) is 0.333. The van der Waals surface area contributed by atoms with Crippen LogP contribution in [-0.4, -0.2) is 33.7 Å². The van der Waals surface area contributed by atoms with Gasteiger partial charge in [0.05, 0.1) is 16.1 Å². The van der Waals surface area contributed by atoms with E-state index in [2.05, 4.69) is 20.5 Å². The van der Waals surface area contributed by atoms with Gasteiger partial charge in [-0.2, -0.15) is 0 Å². The van der Waals surface area contributed by atoms with E-state index < -0.39 is 0 Å². The van der Waals surface area contributed by atoms with Crippen LogP contribution in [0.2, 0.25) is 5.02 Å². The number of imidazole rings is 1. The fourth-order valence-electron chi connectivity index (χ4n) is 3.29. The van der Waals surface area contributed by atoms with Crippen molar-refractivity contribution >= 4 is 28.5 Å². The van der Waals surface area contributed by atoms with Gasteiger partial charge in [-0.05, 0) is 31.0 Å². The summed E-state index contributed by atoms with van der Waals surface area (Å²) in [5, 5.41) is 0.617. The number of para-hydroxylation sites is 2. The summed E-state index contributed by atoms with van der Waals surface area (Å²) in [6.07, 6.45) is 3.71. The molecule has 0 atom stereocenters. The van der Waals surface area contributed by atoms with Crippen molar-refractivity contribution in [2.75, 3.05) is 18.0 Å². The second-order valence-electron chi connectivity index (χ2n) is 6.33. The van der Waals surface area contributed by atoms with Crippen molar-refractivity contribution in [3.63, 3.8) is 0 Å². The van der Waals surface area contributed by atoms with Crippen LogP contribution in [0.1, 0.15) is 12.8 Å². The Kier molecular flexibility index (Phi) is 3.90. The van der Waals surface area contributed by atoms with Crippen molar-refractivity contribution in [3.8, 4) is 11.4 Å². The number of rotatable bonds is 2. The quantitative estimate of drug-likeness (QED) is 0.777. The van der Waals surface area contributed by atoms with Crippen LogP contribution in [0.25, 0.3) is 22.4 Å². The Bertz CT molecular complexity index is 880. The number of benzene rings is 1. The lowest BCUT2D eigenvalue weighted by Gasteiger charge is -2.31. The molecule has 1 fully saturated rings. The zero-order valence-corrected chi connectivity index (χ0v) is 14.4. The van der Waals surface area contributed by atoms with Gasteiger partial charge < -0.3 is 15.2 Å². The van der Waals surface area contributed by atoms with Crippen molar-refractivity contribution < 1.29 is 0 Å². The zero-order valence-electron chi connectivity index (χ0n) is 13.6. The molecule has 2 N–H and O–H groups in total. The normalized spacial score (nSPS) is 16.0. The highest BCUT2D eigenvalue weighted by Gasteiger charge is 2.20. The van der Waals surface area contributed by atoms with Crippen molar-refractivity contribution in [2.45, 2.75) is 18.9 Å². The number of fused-ring (bicyclic) bond motifs is 1. The van der Waals surface area contributed by atoms with Crippen LogP contribution >= 0.6 is 11.6 Å². The Hall–Kier alpha value is -2.11. The highest BCUT2D eigenvalue weighted by molar-refractivity contribution is 6.33. The molecule has 0 unspecified atom stereocenters. The summed E-state index contributed by atoms with van der Waals surface area (Å²) >= 11 is 6.44. The van der Waals surface area contributed by atoms with Crippen LogP contribution in [0.3, 0.4) is 0 Å². The molecule has 2 aromatic heterocycles. The van der Waals surface area contributed by atoms with Crippen LogP contribution in [0.5, 0.6) is 0 Å². The molecule has 4 rings (SSSR count). The van der Waals surface area contributed by atoms with Gasteiger partial charge >= 0.3 is 0 Å². The Balaban J connectivity index is 1.77. The number of hydrogen-bond donors (Lipinski definition) is 1. The number of aromatic nitrogens is 3. The van der Waals surface area contributed by atoms with Crippen LogP contribution in [-0.2, 0) is 7.05 Å². The van der Waals surface area contributed by atoms with Crippen molar-refractivity contribution in [2.24, 2.45) is 12.8 Å². The number of aryl methyl sites for hydroxylation is 1. The maximum absolute atomic E-state index is 6.44. The summed E-state index contributed by atoms with van der Waals surface area (Å²) in [6.45, 7) is 1.86. The number of halogens is 1. The first-order chi connectivity index (χ1) is 11.6. The van der Waals surface area contributed by atoms with E-state index in [1.807, 2.05) is 31.3 Å². The molecule has 0 spiro atoms. The molecule has 1 aliphatic rings. The molecule has 1 aliphatic heterocycles. The number of nitrogens with two attached hydrogens (primary N) is 1. The smallest absolute Gasteiger partial charge is 0.142 e. The highest BCUT2D eigenvalue weighted by atomic mass is 35.5. The van der Waals surface area contributed by atoms with Crippen LogP contribution in [0, 0.1) is 0 Å². The summed E-state index contributed by atoms with van der Waals surface area (Å²) in [5.74, 6) is 1.80. The minimum absolute atomic E-state index is 0.299. The van der Waals surface area contributed by atoms with E-state index in [1.54, 1.807) is 6.20 Å². The molecular formula is C18H20ClN5.